The Labute approximate surface area is 160 Å². The molecule has 2 amide bonds. The number of carbonyl (C=O) groups excluding carboxylic acids is 2. The van der Waals surface area contributed by atoms with Gasteiger partial charge in [0.2, 0.25) is 11.8 Å². The van der Waals surface area contributed by atoms with Crippen LogP contribution in [0.2, 0.25) is 0 Å². The van der Waals surface area contributed by atoms with Crippen LogP contribution in [0.25, 0.3) is 0 Å². The van der Waals surface area contributed by atoms with Gasteiger partial charge in [0.05, 0.1) is 0 Å². The second-order valence-corrected chi connectivity index (χ2v) is 9.20. The van der Waals surface area contributed by atoms with E-state index < -0.39 is 6.04 Å². The van der Waals surface area contributed by atoms with E-state index in [0.717, 1.165) is 12.8 Å². The molecule has 1 aromatic rings. The highest BCUT2D eigenvalue weighted by molar-refractivity contribution is 5.89. The molecule has 3 rings (SSSR count). The number of carbonyl (C=O) groups is 2. The number of rotatable bonds is 3. The zero-order valence-corrected chi connectivity index (χ0v) is 16.6. The Morgan fingerprint density at radius 1 is 1.15 bits per heavy atom. The summed E-state index contributed by atoms with van der Waals surface area (Å²) in [4.78, 5) is 27.3. The van der Waals surface area contributed by atoms with Gasteiger partial charge in [-0.2, -0.15) is 0 Å². The van der Waals surface area contributed by atoms with Gasteiger partial charge in [0.1, 0.15) is 11.9 Å². The first-order valence-corrected chi connectivity index (χ1v) is 9.68. The number of hydrogen-bond donors (Lipinski definition) is 2. The molecule has 0 spiro atoms. The number of nitrogens with one attached hydrogen (secondary N) is 2. The van der Waals surface area contributed by atoms with Gasteiger partial charge in [0.25, 0.3) is 0 Å². The molecular formula is C21H30FN3O2. The molecule has 0 aliphatic carbocycles. The summed E-state index contributed by atoms with van der Waals surface area (Å²) in [6, 6.07) is 5.15. The molecule has 2 saturated heterocycles. The Morgan fingerprint density at radius 3 is 2.33 bits per heavy atom. The number of piperazine rings is 1. The van der Waals surface area contributed by atoms with E-state index in [1.165, 1.54) is 12.1 Å². The third kappa shape index (κ3) is 4.67. The maximum absolute atomic E-state index is 13.3. The highest BCUT2D eigenvalue weighted by atomic mass is 19.1. The Morgan fingerprint density at radius 2 is 1.74 bits per heavy atom. The Bertz CT molecular complexity index is 699. The third-order valence-corrected chi connectivity index (χ3v) is 5.46. The first-order valence-electron chi connectivity index (χ1n) is 9.68. The predicted molar refractivity (Wildman–Crippen MR) is 102 cm³/mol. The third-order valence-electron chi connectivity index (χ3n) is 5.46. The van der Waals surface area contributed by atoms with Crippen molar-refractivity contribution in [1.82, 2.24) is 15.5 Å². The number of benzene rings is 1. The van der Waals surface area contributed by atoms with E-state index in [-0.39, 0.29) is 34.6 Å². The maximum atomic E-state index is 13.3. The summed E-state index contributed by atoms with van der Waals surface area (Å²) >= 11 is 0. The van der Waals surface area contributed by atoms with E-state index in [1.54, 1.807) is 17.0 Å². The highest BCUT2D eigenvalue weighted by Crippen LogP contribution is 2.36. The molecule has 2 N–H and O–H groups in total. The van der Waals surface area contributed by atoms with Crippen LogP contribution in [0.1, 0.15) is 58.6 Å². The number of halogens is 1. The lowest BCUT2D eigenvalue weighted by Crippen LogP contribution is -2.58. The van der Waals surface area contributed by atoms with Gasteiger partial charge >= 0.3 is 0 Å². The van der Waals surface area contributed by atoms with Gasteiger partial charge in [-0.1, -0.05) is 12.1 Å². The second kappa shape index (κ2) is 7.23. The molecule has 0 bridgehead atoms. The molecule has 2 fully saturated rings. The lowest BCUT2D eigenvalue weighted by Gasteiger charge is -2.47. The van der Waals surface area contributed by atoms with Crippen LogP contribution in [0.15, 0.2) is 24.3 Å². The van der Waals surface area contributed by atoms with E-state index >= 15 is 0 Å². The first kappa shape index (κ1) is 19.8. The Balaban J connectivity index is 1.77. The summed E-state index contributed by atoms with van der Waals surface area (Å²) in [6.07, 6.45) is 2.27. The van der Waals surface area contributed by atoms with Crippen LogP contribution in [0.4, 0.5) is 4.39 Å². The van der Waals surface area contributed by atoms with E-state index in [0.29, 0.717) is 25.1 Å². The molecule has 5 nitrogen and oxygen atoms in total. The van der Waals surface area contributed by atoms with Crippen LogP contribution < -0.4 is 10.6 Å². The number of piperidine rings is 1. The molecule has 1 atom stereocenters. The average molecular weight is 375 g/mol. The summed E-state index contributed by atoms with van der Waals surface area (Å²) in [5.74, 6) is -0.292. The van der Waals surface area contributed by atoms with E-state index in [2.05, 4.69) is 38.3 Å². The molecule has 2 aliphatic heterocycles. The van der Waals surface area contributed by atoms with Crippen LogP contribution in [0.5, 0.6) is 0 Å². The van der Waals surface area contributed by atoms with Crippen molar-refractivity contribution in [3.63, 3.8) is 0 Å². The molecular weight excluding hydrogens is 345 g/mol. The molecule has 148 valence electrons. The number of hydrogen-bond acceptors (Lipinski definition) is 3. The smallest absolute Gasteiger partial charge is 0.247 e. The predicted octanol–water partition coefficient (Wildman–Crippen LogP) is 2.77. The topological polar surface area (TPSA) is 61.4 Å². The van der Waals surface area contributed by atoms with Crippen molar-refractivity contribution in [3.05, 3.63) is 35.6 Å². The molecule has 2 heterocycles. The Hall–Kier alpha value is -1.95. The van der Waals surface area contributed by atoms with Crippen LogP contribution >= 0.6 is 0 Å². The van der Waals surface area contributed by atoms with Gasteiger partial charge in [-0.15, -0.1) is 0 Å². The van der Waals surface area contributed by atoms with Crippen molar-refractivity contribution in [2.75, 3.05) is 13.1 Å². The van der Waals surface area contributed by atoms with Crippen molar-refractivity contribution in [1.29, 1.82) is 0 Å². The lowest BCUT2D eigenvalue weighted by molar-refractivity contribution is -0.144. The van der Waals surface area contributed by atoms with Crippen molar-refractivity contribution in [3.8, 4) is 0 Å². The maximum Gasteiger partial charge on any atom is 0.247 e. The second-order valence-electron chi connectivity index (χ2n) is 9.20. The summed E-state index contributed by atoms with van der Waals surface area (Å²) < 4.78 is 13.3. The molecule has 6 heteroatoms. The minimum absolute atomic E-state index is 0.00215. The molecule has 0 radical (unpaired) electrons. The fourth-order valence-corrected chi connectivity index (χ4v) is 4.95. The van der Waals surface area contributed by atoms with Gasteiger partial charge in [-0.25, -0.2) is 4.39 Å². The summed E-state index contributed by atoms with van der Waals surface area (Å²) in [5.41, 5.74) is 0.595. The van der Waals surface area contributed by atoms with Crippen LogP contribution in [-0.2, 0) is 9.59 Å². The molecule has 27 heavy (non-hydrogen) atoms. The average Bonchev–Trinajstić information content (AvgIpc) is 2.52. The highest BCUT2D eigenvalue weighted by Gasteiger charge is 2.40. The van der Waals surface area contributed by atoms with E-state index in [1.807, 2.05) is 0 Å². The largest absolute Gasteiger partial charge is 0.352 e. The van der Waals surface area contributed by atoms with E-state index in [9.17, 15) is 14.0 Å². The summed E-state index contributed by atoms with van der Waals surface area (Å²) in [5, 5.41) is 6.46. The normalized spacial score (nSPS) is 25.1. The van der Waals surface area contributed by atoms with Gasteiger partial charge < -0.3 is 15.5 Å². The first-order chi connectivity index (χ1) is 12.6. The molecule has 2 aliphatic rings. The van der Waals surface area contributed by atoms with Crippen molar-refractivity contribution < 1.29 is 14.0 Å². The van der Waals surface area contributed by atoms with Gasteiger partial charge in [-0.3, -0.25) is 9.59 Å². The van der Waals surface area contributed by atoms with Crippen molar-refractivity contribution >= 4 is 11.8 Å². The monoisotopic (exact) mass is 375 g/mol. The summed E-state index contributed by atoms with van der Waals surface area (Å²) in [6.45, 7) is 9.60. The fourth-order valence-electron chi connectivity index (χ4n) is 4.95. The quantitative estimate of drug-likeness (QED) is 0.854. The minimum Gasteiger partial charge on any atom is -0.352 e. The molecule has 1 unspecified atom stereocenters. The molecule has 0 aromatic heterocycles. The van der Waals surface area contributed by atoms with Crippen LogP contribution in [0, 0.1) is 11.7 Å². The SMILES string of the molecule is CC1(C)CC(CC(=O)N2CCNC(=O)C2c2ccc(F)cc2)CC(C)(C)N1. The van der Waals surface area contributed by atoms with Gasteiger partial charge in [0.15, 0.2) is 0 Å². The van der Waals surface area contributed by atoms with E-state index in [4.69, 9.17) is 0 Å². The van der Waals surface area contributed by atoms with Crippen molar-refractivity contribution in [2.24, 2.45) is 5.92 Å². The van der Waals surface area contributed by atoms with Gasteiger partial charge in [0, 0.05) is 30.6 Å². The fraction of sp³-hybridized carbons (Fsp3) is 0.619. The zero-order valence-electron chi connectivity index (χ0n) is 16.6. The molecule has 1 aromatic carbocycles. The Kier molecular flexibility index (Phi) is 5.30. The summed E-state index contributed by atoms with van der Waals surface area (Å²) in [7, 11) is 0. The standard InChI is InChI=1S/C21H30FN3O2/c1-20(2)12-14(13-21(3,4)24-20)11-17(26)25-10-9-23-19(27)18(25)15-5-7-16(22)8-6-15/h5-8,14,18,24H,9-13H2,1-4H3,(H,23,27). The van der Waals surface area contributed by atoms with Gasteiger partial charge in [-0.05, 0) is 64.2 Å². The molecule has 0 saturated carbocycles. The van der Waals surface area contributed by atoms with Crippen LogP contribution in [-0.4, -0.2) is 40.9 Å². The van der Waals surface area contributed by atoms with Crippen molar-refractivity contribution in [2.45, 2.75) is 64.1 Å². The number of nitrogens with zero attached hydrogens (tertiary/aromatic N) is 1. The number of amides is 2. The van der Waals surface area contributed by atoms with Crippen LogP contribution in [0.3, 0.4) is 0 Å². The zero-order chi connectivity index (χ0) is 19.8. The lowest BCUT2D eigenvalue weighted by atomic mass is 9.74. The minimum atomic E-state index is -0.686.